The quantitative estimate of drug-likeness (QED) is 0.892. The van der Waals surface area contributed by atoms with Crippen molar-refractivity contribution in [3.8, 4) is 0 Å². The first kappa shape index (κ1) is 13.1. The van der Waals surface area contributed by atoms with Crippen LogP contribution in [-0.2, 0) is 6.54 Å². The lowest BCUT2D eigenvalue weighted by Gasteiger charge is -2.35. The predicted octanol–water partition coefficient (Wildman–Crippen LogP) is 3.14. The van der Waals surface area contributed by atoms with Crippen molar-refractivity contribution in [2.24, 2.45) is 0 Å². The number of nitrogens with zero attached hydrogens (tertiary/aromatic N) is 1. The monoisotopic (exact) mass is 258 g/mol. The van der Waals surface area contributed by atoms with Crippen LogP contribution >= 0.6 is 0 Å². The highest BCUT2D eigenvalue weighted by Crippen LogP contribution is 2.41. The Kier molecular flexibility index (Phi) is 3.90. The van der Waals surface area contributed by atoms with Crippen molar-refractivity contribution in [3.05, 3.63) is 35.4 Å². The molecule has 3 rings (SSSR count). The van der Waals surface area contributed by atoms with Gasteiger partial charge in [0, 0.05) is 18.6 Å². The van der Waals surface area contributed by atoms with Gasteiger partial charge in [0.15, 0.2) is 0 Å². The highest BCUT2D eigenvalue weighted by Gasteiger charge is 2.26. The smallest absolute Gasteiger partial charge is 0.0210 e. The number of hydrogen-bond donors (Lipinski definition) is 1. The number of benzene rings is 1. The van der Waals surface area contributed by atoms with Gasteiger partial charge in [-0.25, -0.2) is 0 Å². The standard InChI is InChI=1S/C17H26N2/c1-13-11-16(9-10-19(13)2)18-12-15-5-3-4-6-17(15)14-7-8-14/h3-6,13-14,16,18H,7-12H2,1-2H3. The molecular formula is C17H26N2. The number of likely N-dealkylation sites (tertiary alicyclic amines) is 1. The fourth-order valence-corrected chi connectivity index (χ4v) is 3.22. The molecule has 0 amide bonds. The molecule has 104 valence electrons. The van der Waals surface area contributed by atoms with Gasteiger partial charge in [-0.2, -0.15) is 0 Å². The summed E-state index contributed by atoms with van der Waals surface area (Å²) in [5.74, 6) is 0.856. The van der Waals surface area contributed by atoms with Crippen molar-refractivity contribution in [2.75, 3.05) is 13.6 Å². The molecule has 1 N–H and O–H groups in total. The molecule has 1 aliphatic heterocycles. The molecule has 2 atom stereocenters. The second-order valence-electron chi connectivity index (χ2n) is 6.40. The van der Waals surface area contributed by atoms with Crippen LogP contribution in [0.4, 0.5) is 0 Å². The molecular weight excluding hydrogens is 232 g/mol. The second-order valence-corrected chi connectivity index (χ2v) is 6.40. The van der Waals surface area contributed by atoms with Gasteiger partial charge in [-0.1, -0.05) is 24.3 Å². The summed E-state index contributed by atoms with van der Waals surface area (Å²) >= 11 is 0. The van der Waals surface area contributed by atoms with Crippen LogP contribution in [0.15, 0.2) is 24.3 Å². The van der Waals surface area contributed by atoms with Crippen LogP contribution in [0.25, 0.3) is 0 Å². The van der Waals surface area contributed by atoms with E-state index >= 15 is 0 Å². The Morgan fingerprint density at radius 1 is 1.21 bits per heavy atom. The molecule has 0 aromatic heterocycles. The topological polar surface area (TPSA) is 15.3 Å². The molecule has 1 heterocycles. The zero-order valence-corrected chi connectivity index (χ0v) is 12.2. The summed E-state index contributed by atoms with van der Waals surface area (Å²) in [4.78, 5) is 2.47. The van der Waals surface area contributed by atoms with Gasteiger partial charge in [0.1, 0.15) is 0 Å². The molecule has 1 aliphatic carbocycles. The van der Waals surface area contributed by atoms with Gasteiger partial charge in [-0.05, 0) is 63.2 Å². The molecule has 2 nitrogen and oxygen atoms in total. The number of rotatable bonds is 4. The maximum atomic E-state index is 3.79. The normalized spacial score (nSPS) is 28.5. The summed E-state index contributed by atoms with van der Waals surface area (Å²) in [5.41, 5.74) is 3.12. The summed E-state index contributed by atoms with van der Waals surface area (Å²) in [6.45, 7) is 4.61. The van der Waals surface area contributed by atoms with Gasteiger partial charge in [0.25, 0.3) is 0 Å². The van der Waals surface area contributed by atoms with Crippen LogP contribution in [-0.4, -0.2) is 30.6 Å². The van der Waals surface area contributed by atoms with Crippen LogP contribution in [0.2, 0.25) is 0 Å². The van der Waals surface area contributed by atoms with Crippen molar-refractivity contribution < 1.29 is 0 Å². The molecule has 2 fully saturated rings. The third-order valence-corrected chi connectivity index (χ3v) is 4.86. The van der Waals surface area contributed by atoms with Gasteiger partial charge in [-0.15, -0.1) is 0 Å². The minimum Gasteiger partial charge on any atom is -0.310 e. The fraction of sp³-hybridized carbons (Fsp3) is 0.647. The fourth-order valence-electron chi connectivity index (χ4n) is 3.22. The highest BCUT2D eigenvalue weighted by molar-refractivity contribution is 5.33. The van der Waals surface area contributed by atoms with E-state index in [4.69, 9.17) is 0 Å². The van der Waals surface area contributed by atoms with Gasteiger partial charge in [0.05, 0.1) is 0 Å². The van der Waals surface area contributed by atoms with E-state index in [-0.39, 0.29) is 0 Å². The first-order chi connectivity index (χ1) is 9.24. The van der Waals surface area contributed by atoms with Crippen LogP contribution in [0.1, 0.15) is 49.7 Å². The summed E-state index contributed by atoms with van der Waals surface area (Å²) in [5, 5.41) is 3.79. The van der Waals surface area contributed by atoms with Crippen LogP contribution in [0.5, 0.6) is 0 Å². The van der Waals surface area contributed by atoms with Gasteiger partial charge in [0.2, 0.25) is 0 Å². The molecule has 19 heavy (non-hydrogen) atoms. The molecule has 1 aromatic carbocycles. The van der Waals surface area contributed by atoms with Gasteiger partial charge in [-0.3, -0.25) is 0 Å². The summed E-state index contributed by atoms with van der Waals surface area (Å²) in [6, 6.07) is 10.4. The second kappa shape index (κ2) is 5.64. The maximum Gasteiger partial charge on any atom is 0.0210 e. The number of hydrogen-bond acceptors (Lipinski definition) is 2. The Bertz CT molecular complexity index is 425. The lowest BCUT2D eigenvalue weighted by molar-refractivity contribution is 0.168. The van der Waals surface area contributed by atoms with Crippen molar-refractivity contribution in [2.45, 2.75) is 57.2 Å². The Balaban J connectivity index is 1.57. The van der Waals surface area contributed by atoms with Crippen LogP contribution in [0, 0.1) is 0 Å². The van der Waals surface area contributed by atoms with Crippen molar-refractivity contribution in [3.63, 3.8) is 0 Å². The molecule has 1 saturated carbocycles. The first-order valence-electron chi connectivity index (χ1n) is 7.75. The van der Waals surface area contributed by atoms with Crippen molar-refractivity contribution in [1.29, 1.82) is 0 Å². The lowest BCUT2D eigenvalue weighted by atomic mass is 9.98. The maximum absolute atomic E-state index is 3.79. The molecule has 2 unspecified atom stereocenters. The van der Waals surface area contributed by atoms with E-state index in [1.54, 1.807) is 5.56 Å². The Morgan fingerprint density at radius 3 is 2.74 bits per heavy atom. The molecule has 1 aromatic rings. The SMILES string of the molecule is CC1CC(NCc2ccccc2C2CC2)CCN1C. The number of piperidine rings is 1. The van der Waals surface area contributed by atoms with Gasteiger partial charge < -0.3 is 10.2 Å². The third-order valence-electron chi connectivity index (χ3n) is 4.86. The van der Waals surface area contributed by atoms with Crippen molar-refractivity contribution in [1.82, 2.24) is 10.2 Å². The summed E-state index contributed by atoms with van der Waals surface area (Å²) in [7, 11) is 2.24. The minimum absolute atomic E-state index is 0.693. The zero-order chi connectivity index (χ0) is 13.2. The Hall–Kier alpha value is -0.860. The molecule has 2 aliphatic rings. The largest absolute Gasteiger partial charge is 0.310 e. The van der Waals surface area contributed by atoms with Crippen molar-refractivity contribution >= 4 is 0 Å². The van der Waals surface area contributed by atoms with E-state index in [1.165, 1.54) is 37.8 Å². The minimum atomic E-state index is 0.693. The Morgan fingerprint density at radius 2 is 2.00 bits per heavy atom. The van der Waals surface area contributed by atoms with Gasteiger partial charge >= 0.3 is 0 Å². The van der Waals surface area contributed by atoms with Crippen LogP contribution in [0.3, 0.4) is 0 Å². The highest BCUT2D eigenvalue weighted by atomic mass is 15.1. The summed E-state index contributed by atoms with van der Waals surface area (Å²) < 4.78 is 0. The van der Waals surface area contributed by atoms with E-state index in [9.17, 15) is 0 Å². The third kappa shape index (κ3) is 3.18. The lowest BCUT2D eigenvalue weighted by Crippen LogP contribution is -2.45. The van der Waals surface area contributed by atoms with E-state index in [0.29, 0.717) is 12.1 Å². The van der Waals surface area contributed by atoms with E-state index in [1.807, 2.05) is 0 Å². The molecule has 0 spiro atoms. The molecule has 0 radical (unpaired) electrons. The van der Waals surface area contributed by atoms with E-state index in [2.05, 4.69) is 48.5 Å². The average molecular weight is 258 g/mol. The van der Waals surface area contributed by atoms with E-state index < -0.39 is 0 Å². The predicted molar refractivity (Wildman–Crippen MR) is 80.4 cm³/mol. The number of nitrogens with one attached hydrogen (secondary N) is 1. The molecule has 1 saturated heterocycles. The Labute approximate surface area is 117 Å². The zero-order valence-electron chi connectivity index (χ0n) is 12.2. The van der Waals surface area contributed by atoms with E-state index in [0.717, 1.165) is 12.5 Å². The average Bonchev–Trinajstić information content (AvgIpc) is 3.25. The molecule has 2 heteroatoms. The first-order valence-corrected chi connectivity index (χ1v) is 7.75. The summed E-state index contributed by atoms with van der Waals surface area (Å²) in [6.07, 6.45) is 5.35. The van der Waals surface area contributed by atoms with Crippen LogP contribution < -0.4 is 5.32 Å². The molecule has 0 bridgehead atoms.